The first-order valence-corrected chi connectivity index (χ1v) is 23.0. The molecule has 0 aromatic heterocycles. The van der Waals surface area contributed by atoms with Crippen LogP contribution in [0.4, 0.5) is 0 Å². The minimum Gasteiger partial charge on any atom is -0.453 e. The summed E-state index contributed by atoms with van der Waals surface area (Å²) < 4.78 is 26.0. The van der Waals surface area contributed by atoms with Crippen LogP contribution in [-0.4, -0.2) is 141 Å². The average Bonchev–Trinajstić information content (AvgIpc) is 4.05. The zero-order valence-electron chi connectivity index (χ0n) is 33.4. The Kier molecular flexibility index (Phi) is 6.29. The summed E-state index contributed by atoms with van der Waals surface area (Å²) >= 11 is 0. The van der Waals surface area contributed by atoms with Crippen molar-refractivity contribution in [2.75, 3.05) is 32.7 Å². The molecule has 3 aliphatic carbocycles. The minimum absolute atomic E-state index is 0.0223. The molecule has 6 bridgehead atoms. The lowest BCUT2D eigenvalue weighted by Gasteiger charge is -2.40. The zero-order chi connectivity index (χ0) is 38.9. The molecule has 3 spiro atoms. The van der Waals surface area contributed by atoms with Gasteiger partial charge in [0, 0.05) is 84.6 Å². The van der Waals surface area contributed by atoms with Gasteiger partial charge in [0.2, 0.25) is 0 Å². The molecule has 0 N–H and O–H groups in total. The van der Waals surface area contributed by atoms with Crippen LogP contribution in [0.2, 0.25) is 0 Å². The molecule has 12 nitrogen and oxygen atoms in total. The van der Waals surface area contributed by atoms with Gasteiger partial charge in [0.25, 0.3) is 0 Å². The molecule has 0 amide bonds. The topological polar surface area (TPSA) is 118 Å². The van der Waals surface area contributed by atoms with E-state index in [2.05, 4.69) is 31.8 Å². The molecule has 59 heavy (non-hydrogen) atoms. The van der Waals surface area contributed by atoms with Crippen molar-refractivity contribution in [3.8, 4) is 0 Å². The van der Waals surface area contributed by atoms with Gasteiger partial charge in [0.05, 0.1) is 29.7 Å². The van der Waals surface area contributed by atoms with Crippen molar-refractivity contribution in [2.45, 2.75) is 149 Å². The van der Waals surface area contributed by atoms with E-state index in [1.165, 1.54) is 11.1 Å². The van der Waals surface area contributed by atoms with Gasteiger partial charge in [0.15, 0.2) is 16.8 Å². The van der Waals surface area contributed by atoms with E-state index in [-0.39, 0.29) is 84.1 Å². The van der Waals surface area contributed by atoms with Crippen molar-refractivity contribution in [2.24, 2.45) is 11.8 Å². The normalized spacial score (nSPS) is 48.7. The maximum atomic E-state index is 15.0. The molecule has 15 aliphatic rings. The third-order valence-corrected chi connectivity index (χ3v) is 18.9. The Morgan fingerprint density at radius 2 is 1.25 bits per heavy atom. The summed E-state index contributed by atoms with van der Waals surface area (Å²) in [4.78, 5) is 65.9. The molecule has 12 heterocycles. The van der Waals surface area contributed by atoms with Gasteiger partial charge in [-0.3, -0.25) is 19.6 Å². The number of nitrogens with zero attached hydrogens (tertiary/aromatic N) is 4. The lowest BCUT2D eigenvalue weighted by molar-refractivity contribution is -0.150. The number of hydrogen-bond acceptors (Lipinski definition) is 12. The summed E-state index contributed by atoms with van der Waals surface area (Å²) in [7, 11) is 0. The Balaban J connectivity index is 0.889. The summed E-state index contributed by atoms with van der Waals surface area (Å²) in [5.41, 5.74) is 6.09. The fourth-order valence-electron chi connectivity index (χ4n) is 17.1. The van der Waals surface area contributed by atoms with Crippen LogP contribution in [0.5, 0.6) is 0 Å². The number of esters is 4. The Morgan fingerprint density at radius 3 is 2.05 bits per heavy atom. The zero-order valence-corrected chi connectivity index (χ0v) is 33.4. The summed E-state index contributed by atoms with van der Waals surface area (Å²) in [6, 6.07) is 0.852. The Hall–Kier alpha value is -3.84. The van der Waals surface area contributed by atoms with Gasteiger partial charge in [-0.05, 0) is 119 Å². The Bertz CT molecular complexity index is 2340. The van der Waals surface area contributed by atoms with E-state index in [9.17, 15) is 19.2 Å². The number of ether oxygens (including phenoxy) is 4. The smallest absolute Gasteiger partial charge is 0.339 e. The van der Waals surface area contributed by atoms with E-state index < -0.39 is 16.8 Å². The minimum atomic E-state index is -0.699. The first-order valence-electron chi connectivity index (χ1n) is 23.0. The molecule has 12 aliphatic heterocycles. The highest BCUT2D eigenvalue weighted by Gasteiger charge is 2.72. The molecule has 0 aromatic carbocycles. The van der Waals surface area contributed by atoms with Crippen LogP contribution < -0.4 is 0 Å². The third-order valence-electron chi connectivity index (χ3n) is 18.9. The number of carbonyl (C=O) groups is 4. The van der Waals surface area contributed by atoms with Gasteiger partial charge in [-0.15, -0.1) is 0 Å². The van der Waals surface area contributed by atoms with Crippen molar-refractivity contribution in [3.63, 3.8) is 0 Å². The van der Waals surface area contributed by atoms with E-state index in [4.69, 9.17) is 18.9 Å². The average molecular weight is 799 g/mol. The van der Waals surface area contributed by atoms with Gasteiger partial charge in [0.1, 0.15) is 6.10 Å². The van der Waals surface area contributed by atoms with E-state index >= 15 is 0 Å². The van der Waals surface area contributed by atoms with Gasteiger partial charge in [-0.25, -0.2) is 19.2 Å². The molecule has 2 saturated carbocycles. The molecule has 7 saturated heterocycles. The molecule has 1 unspecified atom stereocenters. The van der Waals surface area contributed by atoms with Gasteiger partial charge < -0.3 is 18.9 Å². The SMILES string of the molecule is O=C1C=C2C([C@@H]3CC4=C([C@H]5CC6=C(C7=CC8=CC(=O)O[C@@]89C[C@@H]7N7CCC[C@@H]79)C(=O)O[C@@]67C[C@@H]5N5CCC[C@@H]57)C(=O)O[C@@]45C[C@@H]3N3CCC[C@@H]35)=CCN3CCC[C@@H]3C2O1. The van der Waals surface area contributed by atoms with Crippen molar-refractivity contribution >= 4 is 23.9 Å². The van der Waals surface area contributed by atoms with Crippen LogP contribution in [0, 0.1) is 11.8 Å². The highest BCUT2D eigenvalue weighted by atomic mass is 16.6. The second kappa shape index (κ2) is 11.0. The molecule has 12 heteroatoms. The van der Waals surface area contributed by atoms with Crippen LogP contribution in [-0.2, 0) is 38.1 Å². The molecule has 15 rings (SSSR count). The second-order valence-electron chi connectivity index (χ2n) is 20.7. The molecular weight excluding hydrogens is 749 g/mol. The fraction of sp³-hybridized carbons (Fsp3) is 0.660. The standard InChI is InChI=1S/C47H50N4O8/c52-38-19-26-24(9-14-48-10-1-5-31(48)42(26)56-38)25-17-29-41(44(55)59-46(29)21-32(25)49-11-3-7-36(46)49)28-18-30-40(43(54)58-47(30)22-34(28)51-13-4-8-37(47)51)27-15-23-16-39(53)57-45(23)20-33(27)50-12-2-6-35(45)50/h9,15-16,19,25,28,31-37,42H,1-8,10-14,17-18,20-22H2/t25-,28-,31+,32-,33-,34-,35+,36+,37+,42?,45-,46-,47-/m0/s1. The van der Waals surface area contributed by atoms with Crippen molar-refractivity contribution in [1.29, 1.82) is 0 Å². The molecule has 13 atom stereocenters. The second-order valence-corrected chi connectivity index (χ2v) is 20.7. The maximum Gasteiger partial charge on any atom is 0.339 e. The van der Waals surface area contributed by atoms with Crippen LogP contribution >= 0.6 is 0 Å². The molecule has 9 fully saturated rings. The number of fused-ring (bicyclic) bond motifs is 12. The third kappa shape index (κ3) is 3.87. The van der Waals surface area contributed by atoms with E-state index in [0.29, 0.717) is 24.8 Å². The quantitative estimate of drug-likeness (QED) is 0.308. The Morgan fingerprint density at radius 1 is 0.576 bits per heavy atom. The predicted molar refractivity (Wildman–Crippen MR) is 208 cm³/mol. The summed E-state index contributed by atoms with van der Waals surface area (Å²) in [6.07, 6.45) is 19.5. The van der Waals surface area contributed by atoms with Crippen LogP contribution in [0.3, 0.4) is 0 Å². The van der Waals surface area contributed by atoms with Gasteiger partial charge in [-0.2, -0.15) is 0 Å². The largest absolute Gasteiger partial charge is 0.453 e. The number of carbonyl (C=O) groups excluding carboxylic acids is 4. The fourth-order valence-corrected chi connectivity index (χ4v) is 17.1. The van der Waals surface area contributed by atoms with Crippen LogP contribution in [0.15, 0.2) is 68.9 Å². The van der Waals surface area contributed by atoms with Crippen molar-refractivity contribution < 1.29 is 38.1 Å². The summed E-state index contributed by atoms with van der Waals surface area (Å²) in [5, 5.41) is 0. The van der Waals surface area contributed by atoms with Crippen molar-refractivity contribution in [3.05, 3.63) is 68.9 Å². The highest BCUT2D eigenvalue weighted by molar-refractivity contribution is 6.00. The maximum absolute atomic E-state index is 15.0. The highest BCUT2D eigenvalue weighted by Crippen LogP contribution is 2.66. The van der Waals surface area contributed by atoms with E-state index in [1.807, 2.05) is 0 Å². The summed E-state index contributed by atoms with van der Waals surface area (Å²) in [5.74, 6) is -0.912. The first-order chi connectivity index (χ1) is 28.8. The van der Waals surface area contributed by atoms with E-state index in [1.54, 1.807) is 12.2 Å². The monoisotopic (exact) mass is 798 g/mol. The number of hydrogen-bond donors (Lipinski definition) is 0. The predicted octanol–water partition coefficient (Wildman–Crippen LogP) is 3.34. The Labute approximate surface area is 342 Å². The van der Waals surface area contributed by atoms with Crippen molar-refractivity contribution in [1.82, 2.24) is 19.6 Å². The summed E-state index contributed by atoms with van der Waals surface area (Å²) in [6.45, 7) is 4.72. The molecule has 0 radical (unpaired) electrons. The van der Waals surface area contributed by atoms with E-state index in [0.717, 1.165) is 125 Å². The molecule has 306 valence electrons. The number of rotatable bonds is 3. The van der Waals surface area contributed by atoms with Gasteiger partial charge >= 0.3 is 23.9 Å². The van der Waals surface area contributed by atoms with Crippen LogP contribution in [0.1, 0.15) is 83.5 Å². The van der Waals surface area contributed by atoms with Gasteiger partial charge in [-0.1, -0.05) is 6.08 Å². The lowest BCUT2D eigenvalue weighted by Crippen LogP contribution is -2.44. The molecular formula is C47H50N4O8. The lowest BCUT2D eigenvalue weighted by atomic mass is 9.64. The molecule has 0 aromatic rings. The van der Waals surface area contributed by atoms with Crippen LogP contribution in [0.25, 0.3) is 0 Å². The first kappa shape index (κ1) is 33.8.